The Hall–Kier alpha value is -5.36. The zero-order chi connectivity index (χ0) is 65.2. The molecule has 2 unspecified atom stereocenters. The summed E-state index contributed by atoms with van der Waals surface area (Å²) in [6.45, 7) is 29.4. The van der Waals surface area contributed by atoms with Gasteiger partial charge in [0.05, 0.1) is 48.4 Å². The highest BCUT2D eigenvalue weighted by molar-refractivity contribution is 6.69. The third-order valence-electron chi connectivity index (χ3n) is 22.3. The van der Waals surface area contributed by atoms with Gasteiger partial charge in [0.2, 0.25) is 0 Å². The standard InChI is InChI=1S/C35H50O10Si.C32H42O10/c1-19-16-25-34(18-41-25,44-22(4)37)28-30(43-31(39)23-14-12-11-13-15-23)35(40)17-24(45-46(8,9)10)20(2)26(32(35,5)6)27(42-21(3)36)29(38)33(19,28)7;1-16-13-22-31(15-39-22,42-19(4)34)25-27(41-28(37)20-11-9-8-10-12-20)32(38)14-21(35)17(2)23(29(32,5)6)24(40-18(3)33)26(36)30(16,25)7/h11-15,19,24-25,27-30,38,40H,16-18H2,1-10H3;8-12,16,21-22,24-27,35-36,38H,13-15H2,1-7H3/t19-,24-,25+,27+,28?,29+,30-,33+,34-,35+;16-,21-,22+,24+,25?,26+,27-,30+,31-,32+/m00/s1. The average Bonchev–Trinajstić information content (AvgIpc) is 0.678. The van der Waals surface area contributed by atoms with Gasteiger partial charge < -0.3 is 67.9 Å². The van der Waals surface area contributed by atoms with Gasteiger partial charge in [-0.05, 0) is 105 Å². The first kappa shape index (κ1) is 67.0. The van der Waals surface area contributed by atoms with Gasteiger partial charge in [-0.25, -0.2) is 9.59 Å². The summed E-state index contributed by atoms with van der Waals surface area (Å²) in [4.78, 5) is 78.6. The number of aliphatic hydroxyl groups is 5. The smallest absolute Gasteiger partial charge is 0.338 e. The van der Waals surface area contributed by atoms with E-state index < -0.39 is 161 Å². The summed E-state index contributed by atoms with van der Waals surface area (Å²) in [5.74, 6) is -6.39. The van der Waals surface area contributed by atoms with Gasteiger partial charge in [-0.1, -0.05) is 91.8 Å². The number of aliphatic hydroxyl groups excluding tert-OH is 3. The summed E-state index contributed by atoms with van der Waals surface area (Å²) in [7, 11) is -2.24. The number of ether oxygens (including phenoxy) is 8. The first-order chi connectivity index (χ1) is 40.7. The molecule has 8 aliphatic rings. The Morgan fingerprint density at radius 3 is 1.23 bits per heavy atom. The van der Waals surface area contributed by atoms with Crippen molar-refractivity contribution >= 4 is 44.1 Å². The molecule has 0 radical (unpaired) electrons. The Morgan fingerprint density at radius 1 is 0.534 bits per heavy atom. The molecule has 5 N–H and O–H groups in total. The molecule has 484 valence electrons. The molecule has 10 rings (SSSR count). The molecule has 0 amide bonds. The number of benzene rings is 2. The molecule has 2 aromatic carbocycles. The number of hydrogen-bond donors (Lipinski definition) is 5. The van der Waals surface area contributed by atoms with E-state index in [1.165, 1.54) is 27.7 Å². The van der Waals surface area contributed by atoms with Crippen LogP contribution in [0.15, 0.2) is 83.0 Å². The minimum absolute atomic E-state index is 0.0123. The van der Waals surface area contributed by atoms with E-state index in [4.69, 9.17) is 42.3 Å². The van der Waals surface area contributed by atoms with Crippen LogP contribution in [0.25, 0.3) is 0 Å². The second kappa shape index (κ2) is 23.1. The molecule has 6 aliphatic carbocycles. The molecule has 4 bridgehead atoms. The molecular formula is C67H92O20Si. The number of rotatable bonds is 10. The lowest BCUT2D eigenvalue weighted by atomic mass is 9.43. The van der Waals surface area contributed by atoms with Gasteiger partial charge in [-0.15, -0.1) is 0 Å². The van der Waals surface area contributed by atoms with Crippen molar-refractivity contribution < 1.29 is 96.6 Å². The van der Waals surface area contributed by atoms with E-state index in [9.17, 15) is 54.3 Å². The lowest BCUT2D eigenvalue weighted by Gasteiger charge is -2.69. The van der Waals surface area contributed by atoms with Gasteiger partial charge in [-0.3, -0.25) is 19.2 Å². The van der Waals surface area contributed by atoms with Crippen LogP contribution >= 0.6 is 0 Å². The summed E-state index contributed by atoms with van der Waals surface area (Å²) in [6, 6.07) is 16.9. The van der Waals surface area contributed by atoms with E-state index in [-0.39, 0.29) is 49.0 Å². The Bertz CT molecular complexity index is 3140. The monoisotopic (exact) mass is 1240 g/mol. The SMILES string of the molecule is CC(=O)O[C@@H]1C2=C(C)[C@@H](O)C[C@@](O)([C@@H](OC(=O)c3ccccc3)C3[C@](C)([C@@H]1O)[C@@H](C)C[C@H]1OC[C@@]31OC(C)=O)C2(C)C.CC(=O)O[C@@H]1C2=C(C)[C@@H](O[Si](C)(C)C)C[C@@](O)([C@@H](OC(=O)c3ccccc3)C3[C@](C)([C@@H]1O)[C@@H](C)C[C@H]1OC[C@@]31OC(C)=O)C2(C)C. The van der Waals surface area contributed by atoms with Crippen LogP contribution < -0.4 is 0 Å². The summed E-state index contributed by atoms with van der Waals surface area (Å²) < 4.78 is 55.7. The largest absolute Gasteiger partial charge is 0.455 e. The number of esters is 6. The Balaban J connectivity index is 0.000000210. The Morgan fingerprint density at radius 2 is 0.898 bits per heavy atom. The molecule has 20 atom stereocenters. The molecule has 20 nitrogen and oxygen atoms in total. The molecule has 0 aromatic heterocycles. The fourth-order valence-corrected chi connectivity index (χ4v) is 18.6. The predicted molar refractivity (Wildman–Crippen MR) is 320 cm³/mol. The first-order valence-electron chi connectivity index (χ1n) is 30.8. The van der Waals surface area contributed by atoms with E-state index in [1.807, 2.05) is 61.2 Å². The van der Waals surface area contributed by atoms with Crippen LogP contribution in [0.3, 0.4) is 0 Å². The van der Waals surface area contributed by atoms with Crippen LogP contribution in [0, 0.1) is 45.3 Å². The topological polar surface area (TPSA) is 287 Å². The predicted octanol–water partition coefficient (Wildman–Crippen LogP) is 7.30. The van der Waals surface area contributed by atoms with Gasteiger partial charge >= 0.3 is 35.8 Å². The lowest BCUT2D eigenvalue weighted by molar-refractivity contribution is -0.358. The van der Waals surface area contributed by atoms with E-state index in [2.05, 4.69) is 0 Å². The molecule has 2 aliphatic heterocycles. The maximum atomic E-state index is 14.0. The molecule has 21 heteroatoms. The highest BCUT2D eigenvalue weighted by atomic mass is 28.4. The molecule has 2 heterocycles. The van der Waals surface area contributed by atoms with Crippen molar-refractivity contribution in [1.82, 2.24) is 0 Å². The van der Waals surface area contributed by atoms with Crippen LogP contribution in [0.2, 0.25) is 19.6 Å². The lowest BCUT2D eigenvalue weighted by Crippen LogP contribution is -2.81. The van der Waals surface area contributed by atoms with Gasteiger partial charge in [0.15, 0.2) is 31.7 Å². The van der Waals surface area contributed by atoms with Crippen LogP contribution in [0.4, 0.5) is 0 Å². The highest BCUT2D eigenvalue weighted by Crippen LogP contribution is 2.69. The van der Waals surface area contributed by atoms with E-state index in [1.54, 1.807) is 88.4 Å². The summed E-state index contributed by atoms with van der Waals surface area (Å²) >= 11 is 0. The maximum Gasteiger partial charge on any atom is 0.338 e. The van der Waals surface area contributed by atoms with Gasteiger partial charge in [-0.2, -0.15) is 0 Å². The summed E-state index contributed by atoms with van der Waals surface area (Å²) in [5, 5.41) is 62.9. The Labute approximate surface area is 517 Å². The molecular weight excluding hydrogens is 1150 g/mol. The normalized spacial score (nSPS) is 40.9. The fourth-order valence-electron chi connectivity index (χ4n) is 17.5. The maximum absolute atomic E-state index is 14.0. The van der Waals surface area contributed by atoms with Crippen molar-refractivity contribution in [1.29, 1.82) is 0 Å². The third kappa shape index (κ3) is 10.4. The van der Waals surface area contributed by atoms with Gasteiger partial charge in [0.25, 0.3) is 0 Å². The third-order valence-corrected chi connectivity index (χ3v) is 23.3. The quantitative estimate of drug-likeness (QED) is 0.0675. The number of carbonyl (C=O) groups excluding carboxylic acids is 6. The van der Waals surface area contributed by atoms with Crippen molar-refractivity contribution in [2.24, 2.45) is 45.3 Å². The van der Waals surface area contributed by atoms with E-state index in [0.29, 0.717) is 29.6 Å². The summed E-state index contributed by atoms with van der Waals surface area (Å²) in [5.41, 5.74) is -8.81. The zero-order valence-electron chi connectivity index (χ0n) is 54.0. The van der Waals surface area contributed by atoms with Gasteiger partial charge in [0, 0.05) is 62.2 Å². The molecule has 2 saturated heterocycles. The minimum Gasteiger partial charge on any atom is -0.455 e. The van der Waals surface area contributed by atoms with E-state index in [0.717, 1.165) is 5.57 Å². The second-order valence-electron chi connectivity index (χ2n) is 28.9. The van der Waals surface area contributed by atoms with E-state index >= 15 is 0 Å². The van der Waals surface area contributed by atoms with Crippen molar-refractivity contribution in [2.75, 3.05) is 13.2 Å². The molecule has 88 heavy (non-hydrogen) atoms. The minimum atomic E-state index is -2.24. The van der Waals surface area contributed by atoms with Crippen molar-refractivity contribution in [3.63, 3.8) is 0 Å². The Kier molecular flexibility index (Phi) is 17.6. The van der Waals surface area contributed by atoms with Crippen LogP contribution in [0.1, 0.15) is 143 Å². The molecule has 6 fully saturated rings. The fraction of sp³-hybridized carbons (Fsp3) is 0.672. The molecule has 0 spiro atoms. The van der Waals surface area contributed by atoms with Gasteiger partial charge in [0.1, 0.15) is 47.8 Å². The summed E-state index contributed by atoms with van der Waals surface area (Å²) in [6.07, 6.45) is -10.2. The van der Waals surface area contributed by atoms with Crippen LogP contribution in [0.5, 0.6) is 0 Å². The molecule has 2 aromatic rings. The number of fused-ring (bicyclic) bond motifs is 10. The highest BCUT2D eigenvalue weighted by Gasteiger charge is 2.79. The average molecular weight is 1250 g/mol. The van der Waals surface area contributed by atoms with Crippen molar-refractivity contribution in [3.05, 3.63) is 94.1 Å². The molecule has 4 saturated carbocycles. The van der Waals surface area contributed by atoms with Crippen LogP contribution in [-0.4, -0.2) is 166 Å². The first-order valence-corrected chi connectivity index (χ1v) is 34.2. The van der Waals surface area contributed by atoms with Crippen molar-refractivity contribution in [3.8, 4) is 0 Å². The number of carbonyl (C=O) groups is 6. The van der Waals surface area contributed by atoms with Crippen molar-refractivity contribution in [2.45, 2.75) is 226 Å². The van der Waals surface area contributed by atoms with Crippen LogP contribution in [-0.2, 0) is 61.5 Å². The zero-order valence-corrected chi connectivity index (χ0v) is 55.0. The number of hydrogen-bond acceptors (Lipinski definition) is 20. The second-order valence-corrected chi connectivity index (χ2v) is 33.4.